The van der Waals surface area contributed by atoms with Crippen molar-refractivity contribution in [2.75, 3.05) is 40.3 Å². The van der Waals surface area contributed by atoms with Crippen LogP contribution in [0, 0.1) is 0 Å². The van der Waals surface area contributed by atoms with E-state index in [2.05, 4.69) is 28.9 Å². The molecule has 0 spiro atoms. The van der Waals surface area contributed by atoms with Crippen LogP contribution >= 0.6 is 0 Å². The number of carbonyl (C=O) groups excluding carboxylic acids is 1. The highest BCUT2D eigenvalue weighted by Crippen LogP contribution is 2.19. The summed E-state index contributed by atoms with van der Waals surface area (Å²) in [5, 5.41) is 3.96. The third kappa shape index (κ3) is 5.56. The first-order chi connectivity index (χ1) is 12.6. The van der Waals surface area contributed by atoms with Crippen molar-refractivity contribution >= 4 is 5.91 Å². The second-order valence-corrected chi connectivity index (χ2v) is 6.11. The lowest BCUT2D eigenvalue weighted by Gasteiger charge is -2.21. The van der Waals surface area contributed by atoms with Gasteiger partial charge in [0, 0.05) is 19.2 Å². The zero-order chi connectivity index (χ0) is 18.9. The van der Waals surface area contributed by atoms with E-state index in [0.717, 1.165) is 43.9 Å². The van der Waals surface area contributed by atoms with Gasteiger partial charge in [-0.15, -0.1) is 0 Å². The summed E-state index contributed by atoms with van der Waals surface area (Å²) in [5.74, 6) is 1.55. The van der Waals surface area contributed by atoms with Crippen LogP contribution in [0.15, 0.2) is 28.8 Å². The van der Waals surface area contributed by atoms with Crippen molar-refractivity contribution in [3.8, 4) is 17.1 Å². The minimum Gasteiger partial charge on any atom is -0.497 e. The fourth-order valence-electron chi connectivity index (χ4n) is 2.64. The summed E-state index contributed by atoms with van der Waals surface area (Å²) in [5.41, 5.74) is 0.820. The molecule has 1 aromatic carbocycles. The van der Waals surface area contributed by atoms with Crippen LogP contribution in [0.25, 0.3) is 11.4 Å². The number of amides is 1. The van der Waals surface area contributed by atoms with Gasteiger partial charge in [0.05, 0.1) is 7.11 Å². The predicted molar refractivity (Wildman–Crippen MR) is 100 cm³/mol. The molecule has 1 aromatic heterocycles. The van der Waals surface area contributed by atoms with Crippen LogP contribution in [0.2, 0.25) is 0 Å². The molecule has 0 aliphatic carbocycles. The van der Waals surface area contributed by atoms with Crippen molar-refractivity contribution in [1.29, 1.82) is 0 Å². The van der Waals surface area contributed by atoms with Crippen LogP contribution in [-0.4, -0.2) is 66.2 Å². The summed E-state index contributed by atoms with van der Waals surface area (Å²) in [4.78, 5) is 20.7. The maximum Gasteiger partial charge on any atom is 0.236 e. The fourth-order valence-corrected chi connectivity index (χ4v) is 2.64. The van der Waals surface area contributed by atoms with E-state index in [4.69, 9.17) is 9.26 Å². The van der Waals surface area contributed by atoms with Gasteiger partial charge in [-0.25, -0.2) is 0 Å². The lowest BCUT2D eigenvalue weighted by Crippen LogP contribution is -2.32. The van der Waals surface area contributed by atoms with Gasteiger partial charge in [-0.05, 0) is 50.3 Å². The quantitative estimate of drug-likeness (QED) is 0.648. The zero-order valence-corrected chi connectivity index (χ0v) is 16.1. The largest absolute Gasteiger partial charge is 0.497 e. The molecule has 0 aliphatic rings. The van der Waals surface area contributed by atoms with Crippen molar-refractivity contribution in [1.82, 2.24) is 19.9 Å². The first-order valence-corrected chi connectivity index (χ1v) is 9.00. The molecule has 0 bridgehead atoms. The Balaban J connectivity index is 1.86. The van der Waals surface area contributed by atoms with Crippen molar-refractivity contribution in [3.63, 3.8) is 0 Å². The molecule has 0 saturated carbocycles. The maximum atomic E-state index is 12.3. The standard InChI is InChI=1S/C19H28N4O3/c1-5-23(6-2)13-7-12-22(3)18(24)14-17-20-19(21-26-17)15-8-10-16(25-4)11-9-15/h8-11H,5-7,12-14H2,1-4H3. The highest BCUT2D eigenvalue weighted by Gasteiger charge is 2.16. The summed E-state index contributed by atoms with van der Waals surface area (Å²) < 4.78 is 10.4. The van der Waals surface area contributed by atoms with Crippen molar-refractivity contribution in [3.05, 3.63) is 30.2 Å². The molecule has 0 atom stereocenters. The summed E-state index contributed by atoms with van der Waals surface area (Å²) in [6.45, 7) is 8.07. The first-order valence-electron chi connectivity index (χ1n) is 9.00. The smallest absolute Gasteiger partial charge is 0.236 e. The number of rotatable bonds is 10. The Morgan fingerprint density at radius 3 is 2.46 bits per heavy atom. The molecule has 2 rings (SSSR count). The Bertz CT molecular complexity index is 680. The number of ether oxygens (including phenoxy) is 1. The molecule has 0 radical (unpaired) electrons. The summed E-state index contributed by atoms with van der Waals surface area (Å²) in [6, 6.07) is 7.38. The molecule has 0 aliphatic heterocycles. The fraction of sp³-hybridized carbons (Fsp3) is 0.526. The average molecular weight is 360 g/mol. The van der Waals surface area contributed by atoms with Gasteiger partial charge in [0.15, 0.2) is 0 Å². The summed E-state index contributed by atoms with van der Waals surface area (Å²) in [7, 11) is 3.43. The van der Waals surface area contributed by atoms with Crippen molar-refractivity contribution in [2.45, 2.75) is 26.7 Å². The van der Waals surface area contributed by atoms with Gasteiger partial charge in [-0.3, -0.25) is 4.79 Å². The molecule has 1 heterocycles. The van der Waals surface area contributed by atoms with Crippen LogP contribution in [0.4, 0.5) is 0 Å². The molecule has 7 heteroatoms. The van der Waals surface area contributed by atoms with Crippen LogP contribution in [-0.2, 0) is 11.2 Å². The van der Waals surface area contributed by atoms with E-state index in [-0.39, 0.29) is 12.3 Å². The number of methoxy groups -OCH3 is 1. The number of carbonyl (C=O) groups is 1. The van der Waals surface area contributed by atoms with Gasteiger partial charge in [0.2, 0.25) is 17.6 Å². The van der Waals surface area contributed by atoms with E-state index < -0.39 is 0 Å². The maximum absolute atomic E-state index is 12.3. The Morgan fingerprint density at radius 1 is 1.15 bits per heavy atom. The number of likely N-dealkylation sites (N-methyl/N-ethyl adjacent to an activating group) is 1. The summed E-state index contributed by atoms with van der Waals surface area (Å²) >= 11 is 0. The highest BCUT2D eigenvalue weighted by atomic mass is 16.5. The van der Waals surface area contributed by atoms with E-state index >= 15 is 0 Å². The average Bonchev–Trinajstić information content (AvgIpc) is 3.13. The third-order valence-electron chi connectivity index (χ3n) is 4.41. The van der Waals surface area contributed by atoms with Gasteiger partial charge in [0.25, 0.3) is 0 Å². The second-order valence-electron chi connectivity index (χ2n) is 6.11. The minimum atomic E-state index is -0.0190. The van der Waals surface area contributed by atoms with E-state index in [1.807, 2.05) is 31.3 Å². The van der Waals surface area contributed by atoms with Crippen LogP contribution < -0.4 is 4.74 Å². The molecule has 0 unspecified atom stereocenters. The molecular formula is C19H28N4O3. The molecule has 1 amide bonds. The molecule has 142 valence electrons. The molecule has 0 fully saturated rings. The van der Waals surface area contributed by atoms with Crippen molar-refractivity contribution in [2.24, 2.45) is 0 Å². The molecule has 2 aromatic rings. The minimum absolute atomic E-state index is 0.0190. The number of nitrogens with zero attached hydrogens (tertiary/aromatic N) is 4. The lowest BCUT2D eigenvalue weighted by molar-refractivity contribution is -0.129. The number of hydrogen-bond acceptors (Lipinski definition) is 6. The topological polar surface area (TPSA) is 71.7 Å². The molecule has 0 saturated heterocycles. The Kier molecular flexibility index (Phi) is 7.59. The molecule has 0 N–H and O–H groups in total. The van der Waals surface area contributed by atoms with Crippen LogP contribution in [0.1, 0.15) is 26.2 Å². The Hall–Kier alpha value is -2.41. The zero-order valence-electron chi connectivity index (χ0n) is 16.1. The molecule has 7 nitrogen and oxygen atoms in total. The second kappa shape index (κ2) is 9.91. The number of hydrogen-bond donors (Lipinski definition) is 0. The van der Waals surface area contributed by atoms with Gasteiger partial charge >= 0.3 is 0 Å². The SMILES string of the molecule is CCN(CC)CCCN(C)C(=O)Cc1nc(-c2ccc(OC)cc2)no1. The number of benzene rings is 1. The van der Waals surface area contributed by atoms with E-state index in [1.165, 1.54) is 0 Å². The van der Waals surface area contributed by atoms with E-state index in [1.54, 1.807) is 12.0 Å². The highest BCUT2D eigenvalue weighted by molar-refractivity contribution is 5.77. The normalized spacial score (nSPS) is 11.0. The van der Waals surface area contributed by atoms with Gasteiger partial charge in [0.1, 0.15) is 12.2 Å². The lowest BCUT2D eigenvalue weighted by atomic mass is 10.2. The van der Waals surface area contributed by atoms with E-state index in [0.29, 0.717) is 11.7 Å². The molecular weight excluding hydrogens is 332 g/mol. The van der Waals surface area contributed by atoms with Crippen molar-refractivity contribution < 1.29 is 14.1 Å². The third-order valence-corrected chi connectivity index (χ3v) is 4.41. The Labute approximate surface area is 154 Å². The van der Waals surface area contributed by atoms with Crippen LogP contribution in [0.3, 0.4) is 0 Å². The monoisotopic (exact) mass is 360 g/mol. The van der Waals surface area contributed by atoms with Gasteiger partial charge in [-0.1, -0.05) is 19.0 Å². The predicted octanol–water partition coefficient (Wildman–Crippen LogP) is 2.48. The van der Waals surface area contributed by atoms with Crippen LogP contribution in [0.5, 0.6) is 5.75 Å². The van der Waals surface area contributed by atoms with Gasteiger partial charge in [-0.2, -0.15) is 4.98 Å². The summed E-state index contributed by atoms with van der Waals surface area (Å²) in [6.07, 6.45) is 1.07. The Morgan fingerprint density at radius 2 is 1.85 bits per heavy atom. The molecule has 26 heavy (non-hydrogen) atoms. The first kappa shape index (κ1) is 19.9. The van der Waals surface area contributed by atoms with E-state index in [9.17, 15) is 4.79 Å². The number of aromatic nitrogens is 2. The van der Waals surface area contributed by atoms with Gasteiger partial charge < -0.3 is 19.1 Å².